The average Bonchev–Trinajstić information content (AvgIpc) is 3.20. The van der Waals surface area contributed by atoms with Gasteiger partial charge in [-0.05, 0) is 54.1 Å². The van der Waals surface area contributed by atoms with Gasteiger partial charge in [-0.25, -0.2) is 22.5 Å². The van der Waals surface area contributed by atoms with Gasteiger partial charge in [0, 0.05) is 29.4 Å². The van der Waals surface area contributed by atoms with Crippen LogP contribution in [0.2, 0.25) is 0 Å². The second-order valence-electron chi connectivity index (χ2n) is 6.80. The lowest BCUT2D eigenvalue weighted by Gasteiger charge is -2.13. The van der Waals surface area contributed by atoms with E-state index in [-0.39, 0.29) is 17.9 Å². The van der Waals surface area contributed by atoms with Gasteiger partial charge >= 0.3 is 0 Å². The van der Waals surface area contributed by atoms with Crippen molar-refractivity contribution in [3.05, 3.63) is 107 Å². The summed E-state index contributed by atoms with van der Waals surface area (Å²) < 4.78 is 62.5. The first kappa shape index (κ1) is 22.0. The summed E-state index contributed by atoms with van der Waals surface area (Å²) in [4.78, 5) is 8.30. The van der Waals surface area contributed by atoms with Gasteiger partial charge in [-0.2, -0.15) is 0 Å². The molecule has 0 aliphatic heterocycles. The van der Waals surface area contributed by atoms with Crippen LogP contribution in [0.25, 0.3) is 5.69 Å². The maximum Gasteiger partial charge on any atom is 0.173 e. The van der Waals surface area contributed by atoms with Gasteiger partial charge in [-0.3, -0.25) is 9.55 Å². The molecule has 9 heteroatoms. The molecule has 0 bridgehead atoms. The topological polar surface area (TPSA) is 39.9 Å². The maximum absolute atomic E-state index is 14.0. The van der Waals surface area contributed by atoms with Gasteiger partial charge in [0.25, 0.3) is 0 Å². The molecule has 2 aromatic carbocycles. The fourth-order valence-electron chi connectivity index (χ4n) is 3.03. The van der Waals surface area contributed by atoms with E-state index in [9.17, 15) is 17.6 Å². The van der Waals surface area contributed by atoms with Gasteiger partial charge in [0.15, 0.2) is 16.8 Å². The fraction of sp³-hybridized carbons (Fsp3) is 0.130. The van der Waals surface area contributed by atoms with Crippen molar-refractivity contribution < 1.29 is 22.3 Å². The van der Waals surface area contributed by atoms with Crippen LogP contribution in [0.4, 0.5) is 17.6 Å². The van der Waals surface area contributed by atoms with E-state index in [2.05, 4.69) is 9.97 Å². The van der Waals surface area contributed by atoms with E-state index in [1.165, 1.54) is 12.1 Å². The molecule has 0 fully saturated rings. The molecule has 4 aromatic rings. The number of rotatable bonds is 8. The van der Waals surface area contributed by atoms with Crippen molar-refractivity contribution in [2.45, 2.75) is 24.1 Å². The number of hydrogen-bond acceptors (Lipinski definition) is 4. The van der Waals surface area contributed by atoms with Gasteiger partial charge < -0.3 is 4.74 Å². The summed E-state index contributed by atoms with van der Waals surface area (Å²) in [6.45, 7) is 0.537. The molecule has 4 nitrogen and oxygen atoms in total. The molecule has 0 saturated carbocycles. The minimum atomic E-state index is -1.22. The normalized spacial score (nSPS) is 11.1. The molecule has 2 heterocycles. The molecule has 32 heavy (non-hydrogen) atoms. The monoisotopic (exact) mass is 459 g/mol. The molecule has 0 radical (unpaired) electrons. The lowest BCUT2D eigenvalue weighted by atomic mass is 10.2. The molecule has 0 atom stereocenters. The van der Waals surface area contributed by atoms with Crippen LogP contribution >= 0.6 is 11.8 Å². The Morgan fingerprint density at radius 1 is 0.844 bits per heavy atom. The van der Waals surface area contributed by atoms with Crippen molar-refractivity contribution in [2.75, 3.05) is 0 Å². The molecule has 2 aromatic heterocycles. The third-order valence-corrected chi connectivity index (χ3v) is 5.62. The van der Waals surface area contributed by atoms with Crippen molar-refractivity contribution in [3.8, 4) is 5.69 Å². The summed E-state index contributed by atoms with van der Waals surface area (Å²) in [5.41, 5.74) is 1.83. The first-order chi connectivity index (χ1) is 15.5. The first-order valence-electron chi connectivity index (χ1n) is 9.57. The highest BCUT2D eigenvalue weighted by molar-refractivity contribution is 7.98. The Morgan fingerprint density at radius 2 is 1.56 bits per heavy atom. The zero-order valence-corrected chi connectivity index (χ0v) is 17.5. The van der Waals surface area contributed by atoms with E-state index in [1.807, 2.05) is 12.1 Å². The number of imidazole rings is 1. The number of pyridine rings is 1. The second-order valence-corrected chi connectivity index (χ2v) is 7.75. The minimum Gasteiger partial charge on any atom is -0.370 e. The van der Waals surface area contributed by atoms with E-state index in [1.54, 1.807) is 35.3 Å². The molecule has 0 aliphatic rings. The summed E-state index contributed by atoms with van der Waals surface area (Å²) in [6, 6.07) is 11.0. The van der Waals surface area contributed by atoms with Gasteiger partial charge in [0.1, 0.15) is 11.6 Å². The molecule has 0 N–H and O–H groups in total. The highest BCUT2D eigenvalue weighted by Gasteiger charge is 2.18. The predicted molar refractivity (Wildman–Crippen MR) is 112 cm³/mol. The molecule has 0 aliphatic carbocycles. The van der Waals surface area contributed by atoms with E-state index in [4.69, 9.17) is 4.74 Å². The Balaban J connectivity index is 1.58. The Morgan fingerprint density at radius 3 is 2.31 bits per heavy atom. The number of benzene rings is 2. The molecular weight excluding hydrogens is 442 g/mol. The SMILES string of the molecule is Fc1ccc(-n2c(COCc3ccncc3)cnc2SCc2c(F)ccc(F)c2F)cc1. The number of thioether (sulfide) groups is 1. The van der Waals surface area contributed by atoms with Crippen molar-refractivity contribution in [3.63, 3.8) is 0 Å². The summed E-state index contributed by atoms with van der Waals surface area (Å²) in [5, 5.41) is 0.405. The predicted octanol–water partition coefficient (Wildman–Crippen LogP) is 5.83. The lowest BCUT2D eigenvalue weighted by molar-refractivity contribution is 0.103. The molecular formula is C23H17F4N3OS. The van der Waals surface area contributed by atoms with Gasteiger partial charge in [-0.1, -0.05) is 11.8 Å². The summed E-state index contributed by atoms with van der Waals surface area (Å²) in [6.07, 6.45) is 4.91. The largest absolute Gasteiger partial charge is 0.370 e. The van der Waals surface area contributed by atoms with Gasteiger partial charge in [-0.15, -0.1) is 0 Å². The van der Waals surface area contributed by atoms with Crippen LogP contribution in [0.3, 0.4) is 0 Å². The standard InChI is InChI=1S/C23H17F4N3OS/c24-16-1-3-17(4-2-16)30-18(13-31-12-15-7-9-28-10-8-15)11-29-23(30)32-14-19-20(25)5-6-21(26)22(19)27/h1-11H,12-14H2. The fourth-order valence-corrected chi connectivity index (χ4v) is 4.05. The van der Waals surface area contributed by atoms with E-state index in [0.29, 0.717) is 23.1 Å². The smallest absolute Gasteiger partial charge is 0.173 e. The highest BCUT2D eigenvalue weighted by Crippen LogP contribution is 2.29. The van der Waals surface area contributed by atoms with Crippen LogP contribution < -0.4 is 0 Å². The summed E-state index contributed by atoms with van der Waals surface area (Å²) >= 11 is 1.03. The molecule has 0 amide bonds. The zero-order chi connectivity index (χ0) is 22.5. The minimum absolute atomic E-state index is 0.176. The Bertz CT molecular complexity index is 1200. The number of halogens is 4. The van der Waals surface area contributed by atoms with Crippen molar-refractivity contribution in [1.82, 2.24) is 14.5 Å². The number of hydrogen-bond donors (Lipinski definition) is 0. The molecule has 4 rings (SSSR count). The second kappa shape index (κ2) is 9.97. The molecule has 0 spiro atoms. The van der Waals surface area contributed by atoms with Crippen LogP contribution in [0, 0.1) is 23.3 Å². The summed E-state index contributed by atoms with van der Waals surface area (Å²) in [7, 11) is 0. The van der Waals surface area contributed by atoms with E-state index >= 15 is 0 Å². The quantitative estimate of drug-likeness (QED) is 0.189. The number of nitrogens with zero attached hydrogens (tertiary/aromatic N) is 3. The molecule has 0 unspecified atom stereocenters. The zero-order valence-electron chi connectivity index (χ0n) is 16.6. The Kier molecular flexibility index (Phi) is 6.87. The molecule has 164 valence electrons. The third kappa shape index (κ3) is 5.00. The number of aromatic nitrogens is 3. The van der Waals surface area contributed by atoms with Crippen LogP contribution in [0.5, 0.6) is 0 Å². The van der Waals surface area contributed by atoms with Crippen molar-refractivity contribution >= 4 is 11.8 Å². The van der Waals surface area contributed by atoms with Crippen LogP contribution in [-0.4, -0.2) is 14.5 Å². The van der Waals surface area contributed by atoms with Crippen LogP contribution in [0.15, 0.2) is 72.3 Å². The van der Waals surface area contributed by atoms with Crippen molar-refractivity contribution in [1.29, 1.82) is 0 Å². The van der Waals surface area contributed by atoms with Crippen LogP contribution in [0.1, 0.15) is 16.8 Å². The summed E-state index contributed by atoms with van der Waals surface area (Å²) in [5.74, 6) is -3.75. The average molecular weight is 459 g/mol. The Hall–Kier alpha value is -3.17. The highest BCUT2D eigenvalue weighted by atomic mass is 32.2. The number of ether oxygens (including phenoxy) is 1. The first-order valence-corrected chi connectivity index (χ1v) is 10.6. The Labute approximate surface area is 185 Å². The van der Waals surface area contributed by atoms with Crippen LogP contribution in [-0.2, 0) is 23.7 Å². The van der Waals surface area contributed by atoms with Gasteiger partial charge in [0.05, 0.1) is 25.1 Å². The van der Waals surface area contributed by atoms with Crippen molar-refractivity contribution in [2.24, 2.45) is 0 Å². The van der Waals surface area contributed by atoms with Gasteiger partial charge in [0.2, 0.25) is 0 Å². The maximum atomic E-state index is 14.0. The third-order valence-electron chi connectivity index (χ3n) is 4.64. The molecule has 0 saturated heterocycles. The van der Waals surface area contributed by atoms with E-state index in [0.717, 1.165) is 29.5 Å². The van der Waals surface area contributed by atoms with E-state index < -0.39 is 23.3 Å². The lowest BCUT2D eigenvalue weighted by Crippen LogP contribution is -2.05.